The first-order valence-corrected chi connectivity index (χ1v) is 7.68. The van der Waals surface area contributed by atoms with Gasteiger partial charge in [-0.2, -0.15) is 0 Å². The standard InChI is InChI=1S/C16H23FN2S/c1-11(2)12-5-7-19(8-6-12)10-14-4-3-13(16(18)20)9-15(14)17/h3-4,9,11-12H,5-8,10H2,1-2H3,(H2,18,20). The monoisotopic (exact) mass is 294 g/mol. The molecule has 110 valence electrons. The van der Waals surface area contributed by atoms with E-state index in [1.165, 1.54) is 18.9 Å². The van der Waals surface area contributed by atoms with Crippen LogP contribution in [0, 0.1) is 17.7 Å². The van der Waals surface area contributed by atoms with Crippen LogP contribution in [0.1, 0.15) is 37.8 Å². The Morgan fingerprint density at radius 2 is 2.05 bits per heavy atom. The van der Waals surface area contributed by atoms with Gasteiger partial charge in [-0.3, -0.25) is 4.90 Å². The summed E-state index contributed by atoms with van der Waals surface area (Å²) in [5.41, 5.74) is 6.84. The topological polar surface area (TPSA) is 29.3 Å². The quantitative estimate of drug-likeness (QED) is 0.864. The first-order chi connectivity index (χ1) is 9.47. The summed E-state index contributed by atoms with van der Waals surface area (Å²) in [6.07, 6.45) is 2.43. The smallest absolute Gasteiger partial charge is 0.128 e. The Morgan fingerprint density at radius 1 is 1.40 bits per heavy atom. The summed E-state index contributed by atoms with van der Waals surface area (Å²) >= 11 is 4.86. The van der Waals surface area contributed by atoms with Crippen LogP contribution in [0.5, 0.6) is 0 Å². The van der Waals surface area contributed by atoms with Crippen molar-refractivity contribution in [1.82, 2.24) is 4.90 Å². The Hall–Kier alpha value is -1.00. The summed E-state index contributed by atoms with van der Waals surface area (Å²) < 4.78 is 14.0. The van der Waals surface area contributed by atoms with Crippen LogP contribution >= 0.6 is 12.2 Å². The van der Waals surface area contributed by atoms with E-state index in [4.69, 9.17) is 18.0 Å². The Kier molecular flexibility index (Phi) is 5.11. The van der Waals surface area contributed by atoms with E-state index in [-0.39, 0.29) is 10.8 Å². The van der Waals surface area contributed by atoms with Crippen molar-refractivity contribution in [2.45, 2.75) is 33.2 Å². The largest absolute Gasteiger partial charge is 0.389 e. The SMILES string of the molecule is CC(C)C1CCN(Cc2ccc(C(N)=S)cc2F)CC1. The van der Waals surface area contributed by atoms with Gasteiger partial charge in [0.25, 0.3) is 0 Å². The molecule has 1 aliphatic rings. The fraction of sp³-hybridized carbons (Fsp3) is 0.562. The number of nitrogens with zero attached hydrogens (tertiary/aromatic N) is 1. The third-order valence-electron chi connectivity index (χ3n) is 4.31. The average molecular weight is 294 g/mol. The number of piperidine rings is 1. The first kappa shape index (κ1) is 15.4. The van der Waals surface area contributed by atoms with Gasteiger partial charge in [-0.05, 0) is 43.8 Å². The first-order valence-electron chi connectivity index (χ1n) is 7.28. The van der Waals surface area contributed by atoms with Crippen LogP contribution in [0.15, 0.2) is 18.2 Å². The molecule has 0 bridgehead atoms. The number of likely N-dealkylation sites (tertiary alicyclic amines) is 1. The Balaban J connectivity index is 1.96. The predicted octanol–water partition coefficient (Wildman–Crippen LogP) is 3.33. The molecule has 1 saturated heterocycles. The minimum absolute atomic E-state index is 0.207. The molecule has 1 aliphatic heterocycles. The number of hydrogen-bond acceptors (Lipinski definition) is 2. The van der Waals surface area contributed by atoms with Crippen LogP contribution in [0.4, 0.5) is 4.39 Å². The Bertz CT molecular complexity index is 479. The van der Waals surface area contributed by atoms with Gasteiger partial charge in [0.2, 0.25) is 0 Å². The summed E-state index contributed by atoms with van der Waals surface area (Å²) in [7, 11) is 0. The minimum Gasteiger partial charge on any atom is -0.389 e. The van der Waals surface area contributed by atoms with Crippen molar-refractivity contribution in [1.29, 1.82) is 0 Å². The van der Waals surface area contributed by atoms with Crippen LogP contribution in [0.25, 0.3) is 0 Å². The van der Waals surface area contributed by atoms with Gasteiger partial charge in [0.05, 0.1) is 0 Å². The van der Waals surface area contributed by atoms with Gasteiger partial charge in [0, 0.05) is 17.7 Å². The second-order valence-electron chi connectivity index (χ2n) is 6.03. The molecule has 0 aliphatic carbocycles. The lowest BCUT2D eigenvalue weighted by atomic mass is 9.86. The van der Waals surface area contributed by atoms with Crippen molar-refractivity contribution in [2.24, 2.45) is 17.6 Å². The molecule has 1 heterocycles. The van der Waals surface area contributed by atoms with Crippen LogP contribution in [-0.4, -0.2) is 23.0 Å². The molecular formula is C16H23FN2S. The van der Waals surface area contributed by atoms with Gasteiger partial charge < -0.3 is 5.73 Å². The van der Waals surface area contributed by atoms with E-state index >= 15 is 0 Å². The van der Waals surface area contributed by atoms with Crippen molar-refractivity contribution in [3.8, 4) is 0 Å². The Morgan fingerprint density at radius 3 is 2.55 bits per heavy atom. The summed E-state index contributed by atoms with van der Waals surface area (Å²) in [5.74, 6) is 1.35. The van der Waals surface area contributed by atoms with Crippen LogP contribution in [0.2, 0.25) is 0 Å². The van der Waals surface area contributed by atoms with Crippen molar-refractivity contribution in [3.05, 3.63) is 35.1 Å². The molecule has 1 aromatic rings. The molecule has 0 unspecified atom stereocenters. The summed E-state index contributed by atoms with van der Waals surface area (Å²) in [5, 5.41) is 0. The molecule has 1 aromatic carbocycles. The third kappa shape index (κ3) is 3.76. The highest BCUT2D eigenvalue weighted by Crippen LogP contribution is 2.25. The highest BCUT2D eigenvalue weighted by atomic mass is 32.1. The molecule has 0 radical (unpaired) electrons. The van der Waals surface area contributed by atoms with Gasteiger partial charge in [-0.15, -0.1) is 0 Å². The fourth-order valence-electron chi connectivity index (χ4n) is 2.85. The van der Waals surface area contributed by atoms with Gasteiger partial charge in [-0.25, -0.2) is 4.39 Å². The lowest BCUT2D eigenvalue weighted by Gasteiger charge is -2.33. The maximum atomic E-state index is 14.0. The number of benzene rings is 1. The van der Waals surface area contributed by atoms with Gasteiger partial charge in [0.15, 0.2) is 0 Å². The van der Waals surface area contributed by atoms with E-state index in [0.717, 1.165) is 30.5 Å². The van der Waals surface area contributed by atoms with E-state index in [1.807, 2.05) is 6.07 Å². The third-order valence-corrected chi connectivity index (χ3v) is 4.54. The molecule has 0 amide bonds. The lowest BCUT2D eigenvalue weighted by molar-refractivity contribution is 0.150. The van der Waals surface area contributed by atoms with Gasteiger partial charge in [-0.1, -0.05) is 38.2 Å². The maximum absolute atomic E-state index is 14.0. The van der Waals surface area contributed by atoms with Crippen molar-refractivity contribution < 1.29 is 4.39 Å². The fourth-order valence-corrected chi connectivity index (χ4v) is 2.97. The molecule has 20 heavy (non-hydrogen) atoms. The van der Waals surface area contributed by atoms with Crippen molar-refractivity contribution in [3.63, 3.8) is 0 Å². The van der Waals surface area contributed by atoms with Crippen molar-refractivity contribution in [2.75, 3.05) is 13.1 Å². The highest BCUT2D eigenvalue weighted by molar-refractivity contribution is 7.80. The van der Waals surface area contributed by atoms with Crippen LogP contribution in [0.3, 0.4) is 0 Å². The number of hydrogen-bond donors (Lipinski definition) is 1. The molecule has 2 nitrogen and oxygen atoms in total. The Labute approximate surface area is 126 Å². The van der Waals surface area contributed by atoms with Crippen molar-refractivity contribution >= 4 is 17.2 Å². The predicted molar refractivity (Wildman–Crippen MR) is 85.1 cm³/mol. The van der Waals surface area contributed by atoms with E-state index in [1.54, 1.807) is 6.07 Å². The number of halogens is 1. The molecular weight excluding hydrogens is 271 g/mol. The second kappa shape index (κ2) is 6.64. The molecule has 0 aromatic heterocycles. The molecule has 2 rings (SSSR count). The van der Waals surface area contributed by atoms with Gasteiger partial charge >= 0.3 is 0 Å². The molecule has 0 atom stereocenters. The maximum Gasteiger partial charge on any atom is 0.128 e. The molecule has 1 fully saturated rings. The lowest BCUT2D eigenvalue weighted by Crippen LogP contribution is -2.35. The zero-order valence-corrected chi connectivity index (χ0v) is 13.0. The minimum atomic E-state index is -0.207. The molecule has 0 saturated carbocycles. The highest BCUT2D eigenvalue weighted by Gasteiger charge is 2.22. The second-order valence-corrected chi connectivity index (χ2v) is 6.47. The average Bonchev–Trinajstić information content (AvgIpc) is 2.41. The van der Waals surface area contributed by atoms with E-state index in [0.29, 0.717) is 12.1 Å². The van der Waals surface area contributed by atoms with E-state index in [9.17, 15) is 4.39 Å². The number of nitrogens with two attached hydrogens (primary N) is 1. The summed E-state index contributed by atoms with van der Waals surface area (Å²) in [4.78, 5) is 2.57. The summed E-state index contributed by atoms with van der Waals surface area (Å²) in [6.45, 7) is 7.36. The molecule has 0 spiro atoms. The molecule has 2 N–H and O–H groups in total. The summed E-state index contributed by atoms with van der Waals surface area (Å²) in [6, 6.07) is 5.05. The van der Waals surface area contributed by atoms with Crippen LogP contribution in [-0.2, 0) is 6.54 Å². The zero-order valence-electron chi connectivity index (χ0n) is 12.2. The zero-order chi connectivity index (χ0) is 14.7. The number of thiocarbonyl (C=S) groups is 1. The number of rotatable bonds is 4. The van der Waals surface area contributed by atoms with E-state index < -0.39 is 0 Å². The van der Waals surface area contributed by atoms with Gasteiger partial charge in [0.1, 0.15) is 10.8 Å². The normalized spacial score (nSPS) is 17.6. The molecule has 4 heteroatoms. The van der Waals surface area contributed by atoms with Crippen LogP contribution < -0.4 is 5.73 Å². The van der Waals surface area contributed by atoms with E-state index in [2.05, 4.69) is 18.7 Å².